The highest BCUT2D eigenvalue weighted by molar-refractivity contribution is 8.15. The minimum Gasteiger partial charge on any atom is -0.497 e. The standard InChI is InChI=1S/C22H21N3O5S/c1-3-12-25-20(27)18(13-19(26)23-15-8-10-17(30-2)11-9-15)31-22(25)24-16-6-4-14(5-7-16)21(28)29/h3-11,18H,1,12-13H2,2H3,(H,23,26)(H,28,29). The molecule has 1 heterocycles. The van der Waals surface area contributed by atoms with Crippen molar-refractivity contribution in [1.29, 1.82) is 0 Å². The number of carbonyl (C=O) groups is 3. The van der Waals surface area contributed by atoms with Crippen LogP contribution in [0.25, 0.3) is 0 Å². The topological polar surface area (TPSA) is 108 Å². The molecule has 0 bridgehead atoms. The summed E-state index contributed by atoms with van der Waals surface area (Å²) in [6.07, 6.45) is 1.57. The first-order valence-corrected chi connectivity index (χ1v) is 10.2. The first-order chi connectivity index (χ1) is 14.9. The van der Waals surface area contributed by atoms with Crippen molar-refractivity contribution in [2.75, 3.05) is 19.0 Å². The number of carboxylic acids is 1. The van der Waals surface area contributed by atoms with E-state index in [-0.39, 0.29) is 30.3 Å². The van der Waals surface area contributed by atoms with Gasteiger partial charge in [-0.1, -0.05) is 17.8 Å². The van der Waals surface area contributed by atoms with Gasteiger partial charge < -0.3 is 15.2 Å². The van der Waals surface area contributed by atoms with Crippen molar-refractivity contribution in [3.63, 3.8) is 0 Å². The molecular formula is C22H21N3O5S. The van der Waals surface area contributed by atoms with Gasteiger partial charge in [0.15, 0.2) is 5.17 Å². The lowest BCUT2D eigenvalue weighted by atomic mass is 10.2. The number of aliphatic imine (C=N–C) groups is 1. The lowest BCUT2D eigenvalue weighted by Crippen LogP contribution is -2.33. The third kappa shape index (κ3) is 5.52. The highest BCUT2D eigenvalue weighted by Crippen LogP contribution is 2.32. The Bertz CT molecular complexity index is 1020. The second-order valence-corrected chi connectivity index (χ2v) is 7.74. The summed E-state index contributed by atoms with van der Waals surface area (Å²) < 4.78 is 5.09. The minimum absolute atomic E-state index is 0.0137. The van der Waals surface area contributed by atoms with Crippen LogP contribution in [0, 0.1) is 0 Å². The summed E-state index contributed by atoms with van der Waals surface area (Å²) in [6, 6.07) is 12.9. The Morgan fingerprint density at radius 3 is 2.48 bits per heavy atom. The van der Waals surface area contributed by atoms with Gasteiger partial charge in [-0.3, -0.25) is 14.5 Å². The molecule has 9 heteroatoms. The zero-order valence-electron chi connectivity index (χ0n) is 16.8. The second kappa shape index (κ2) is 9.94. The van der Waals surface area contributed by atoms with Crippen LogP contribution in [0.2, 0.25) is 0 Å². The van der Waals surface area contributed by atoms with Crippen LogP contribution >= 0.6 is 11.8 Å². The molecule has 160 valence electrons. The van der Waals surface area contributed by atoms with E-state index in [0.29, 0.717) is 22.3 Å². The molecule has 1 fully saturated rings. The molecule has 2 aromatic rings. The molecular weight excluding hydrogens is 418 g/mol. The van der Waals surface area contributed by atoms with E-state index in [0.717, 1.165) is 0 Å². The number of nitrogens with one attached hydrogen (secondary N) is 1. The Morgan fingerprint density at radius 1 is 1.23 bits per heavy atom. The van der Waals surface area contributed by atoms with Crippen LogP contribution in [0.4, 0.5) is 11.4 Å². The Hall–Kier alpha value is -3.59. The van der Waals surface area contributed by atoms with E-state index in [1.165, 1.54) is 28.8 Å². The smallest absolute Gasteiger partial charge is 0.335 e. The first kappa shape index (κ1) is 22.1. The molecule has 1 aliphatic heterocycles. The Kier molecular flexibility index (Phi) is 7.09. The van der Waals surface area contributed by atoms with E-state index in [9.17, 15) is 14.4 Å². The van der Waals surface area contributed by atoms with Crippen molar-refractivity contribution in [3.05, 3.63) is 66.7 Å². The maximum atomic E-state index is 12.8. The molecule has 0 radical (unpaired) electrons. The number of thioether (sulfide) groups is 1. The fourth-order valence-corrected chi connectivity index (χ4v) is 4.03. The summed E-state index contributed by atoms with van der Waals surface area (Å²) in [5, 5.41) is 11.6. The number of hydrogen-bond donors (Lipinski definition) is 2. The number of carboxylic acid groups (broad SMARTS) is 1. The van der Waals surface area contributed by atoms with Crippen molar-refractivity contribution in [1.82, 2.24) is 4.90 Å². The number of rotatable bonds is 8. The van der Waals surface area contributed by atoms with Gasteiger partial charge in [0.25, 0.3) is 0 Å². The zero-order chi connectivity index (χ0) is 22.4. The number of benzene rings is 2. The number of anilines is 1. The summed E-state index contributed by atoms with van der Waals surface area (Å²) in [5.74, 6) is -0.866. The lowest BCUT2D eigenvalue weighted by Gasteiger charge is -2.13. The van der Waals surface area contributed by atoms with Crippen molar-refractivity contribution >= 4 is 46.1 Å². The molecule has 31 heavy (non-hydrogen) atoms. The second-order valence-electron chi connectivity index (χ2n) is 6.57. The van der Waals surface area contributed by atoms with Crippen LogP contribution in [0.3, 0.4) is 0 Å². The maximum absolute atomic E-state index is 12.8. The summed E-state index contributed by atoms with van der Waals surface area (Å²) in [5.41, 5.74) is 1.27. The van der Waals surface area contributed by atoms with Gasteiger partial charge in [0.1, 0.15) is 11.0 Å². The number of ether oxygens (including phenoxy) is 1. The number of amides is 2. The zero-order valence-corrected chi connectivity index (χ0v) is 17.6. The molecule has 2 amide bonds. The van der Waals surface area contributed by atoms with E-state index in [1.807, 2.05) is 0 Å². The predicted molar refractivity (Wildman–Crippen MR) is 120 cm³/mol. The monoisotopic (exact) mass is 439 g/mol. The molecule has 3 rings (SSSR count). The number of methoxy groups -OCH3 is 1. The summed E-state index contributed by atoms with van der Waals surface area (Å²) >= 11 is 1.20. The van der Waals surface area contributed by atoms with E-state index in [2.05, 4.69) is 16.9 Å². The van der Waals surface area contributed by atoms with Crippen LogP contribution in [0.15, 0.2) is 66.2 Å². The van der Waals surface area contributed by atoms with E-state index < -0.39 is 11.2 Å². The van der Waals surface area contributed by atoms with Crippen molar-refractivity contribution in [2.24, 2.45) is 4.99 Å². The number of carbonyl (C=O) groups excluding carboxylic acids is 2. The maximum Gasteiger partial charge on any atom is 0.335 e. The van der Waals surface area contributed by atoms with E-state index in [4.69, 9.17) is 9.84 Å². The molecule has 1 unspecified atom stereocenters. The Balaban J connectivity index is 1.71. The highest BCUT2D eigenvalue weighted by atomic mass is 32.2. The van der Waals surface area contributed by atoms with Crippen molar-refractivity contribution < 1.29 is 24.2 Å². The molecule has 1 saturated heterocycles. The van der Waals surface area contributed by atoms with Gasteiger partial charge in [0, 0.05) is 18.7 Å². The van der Waals surface area contributed by atoms with Crippen LogP contribution < -0.4 is 10.1 Å². The molecule has 0 aromatic heterocycles. The summed E-state index contributed by atoms with van der Waals surface area (Å²) in [4.78, 5) is 42.2. The van der Waals surface area contributed by atoms with Crippen molar-refractivity contribution in [2.45, 2.75) is 11.7 Å². The van der Waals surface area contributed by atoms with Gasteiger partial charge in [-0.2, -0.15) is 0 Å². The fourth-order valence-electron chi connectivity index (χ4n) is 2.87. The predicted octanol–water partition coefficient (Wildman–Crippen LogP) is 3.54. The molecule has 0 aliphatic carbocycles. The molecule has 8 nitrogen and oxygen atoms in total. The number of hydrogen-bond acceptors (Lipinski definition) is 6. The first-order valence-electron chi connectivity index (χ1n) is 9.36. The third-order valence-corrected chi connectivity index (χ3v) is 5.59. The quantitative estimate of drug-likeness (QED) is 0.609. The molecule has 2 aromatic carbocycles. The van der Waals surface area contributed by atoms with Gasteiger partial charge in [-0.05, 0) is 48.5 Å². The fraction of sp³-hybridized carbons (Fsp3) is 0.182. The average Bonchev–Trinajstić information content (AvgIpc) is 3.03. The van der Waals surface area contributed by atoms with Crippen molar-refractivity contribution in [3.8, 4) is 5.75 Å². The summed E-state index contributed by atoms with van der Waals surface area (Å²) in [6.45, 7) is 3.93. The third-order valence-electron chi connectivity index (χ3n) is 4.42. The summed E-state index contributed by atoms with van der Waals surface area (Å²) in [7, 11) is 1.56. The molecule has 1 atom stereocenters. The van der Waals surface area contributed by atoms with Gasteiger partial charge in [-0.25, -0.2) is 9.79 Å². The largest absolute Gasteiger partial charge is 0.497 e. The van der Waals surface area contributed by atoms with E-state index in [1.54, 1.807) is 49.6 Å². The molecule has 1 aliphatic rings. The molecule has 0 saturated carbocycles. The SMILES string of the molecule is C=CCN1C(=O)C(CC(=O)Nc2ccc(OC)cc2)SC1=Nc1ccc(C(=O)O)cc1. The Labute approximate surface area is 183 Å². The van der Waals surface area contributed by atoms with Crippen LogP contribution in [-0.2, 0) is 9.59 Å². The van der Waals surface area contributed by atoms with Gasteiger partial charge in [0.05, 0.1) is 18.4 Å². The molecule has 2 N–H and O–H groups in total. The van der Waals surface area contributed by atoms with Crippen LogP contribution in [0.5, 0.6) is 5.75 Å². The normalized spacial score (nSPS) is 16.9. The van der Waals surface area contributed by atoms with Gasteiger partial charge >= 0.3 is 5.97 Å². The number of aromatic carboxylic acids is 1. The number of amidine groups is 1. The van der Waals surface area contributed by atoms with Gasteiger partial charge in [0.2, 0.25) is 11.8 Å². The van der Waals surface area contributed by atoms with Crippen LogP contribution in [0.1, 0.15) is 16.8 Å². The minimum atomic E-state index is -1.03. The van der Waals surface area contributed by atoms with E-state index >= 15 is 0 Å². The molecule has 0 spiro atoms. The lowest BCUT2D eigenvalue weighted by molar-refractivity contribution is -0.127. The highest BCUT2D eigenvalue weighted by Gasteiger charge is 2.38. The van der Waals surface area contributed by atoms with Crippen LogP contribution in [-0.4, -0.2) is 51.9 Å². The van der Waals surface area contributed by atoms with Gasteiger partial charge in [-0.15, -0.1) is 6.58 Å². The Morgan fingerprint density at radius 2 is 1.90 bits per heavy atom. The number of nitrogens with zero attached hydrogens (tertiary/aromatic N) is 2. The average molecular weight is 439 g/mol.